The Labute approximate surface area is 169 Å². The van der Waals surface area contributed by atoms with Crippen LogP contribution < -0.4 is 9.80 Å². The Balaban J connectivity index is 1.42. The van der Waals surface area contributed by atoms with Gasteiger partial charge in [0.25, 0.3) is 0 Å². The molecule has 1 fully saturated rings. The minimum atomic E-state index is 0.747. The van der Waals surface area contributed by atoms with Crippen molar-refractivity contribution in [3.05, 3.63) is 34.2 Å². The van der Waals surface area contributed by atoms with Crippen LogP contribution in [0, 0.1) is 19.8 Å². The number of aromatic nitrogens is 4. The zero-order valence-electron chi connectivity index (χ0n) is 16.8. The van der Waals surface area contributed by atoms with Crippen LogP contribution in [-0.2, 0) is 12.8 Å². The first-order chi connectivity index (χ1) is 13.6. The van der Waals surface area contributed by atoms with Gasteiger partial charge in [-0.1, -0.05) is 6.92 Å². The Hall–Kier alpha value is -2.28. The Morgan fingerprint density at radius 2 is 1.71 bits per heavy atom. The second-order valence-electron chi connectivity index (χ2n) is 8.15. The third kappa shape index (κ3) is 3.11. The van der Waals surface area contributed by atoms with Crippen LogP contribution in [0.4, 0.5) is 11.8 Å². The predicted octanol–water partition coefficient (Wildman–Crippen LogP) is 3.55. The molecular weight excluding hydrogens is 368 g/mol. The number of piperazine rings is 1. The van der Waals surface area contributed by atoms with Crippen molar-refractivity contribution in [3.63, 3.8) is 0 Å². The highest BCUT2D eigenvalue weighted by Crippen LogP contribution is 2.40. The fourth-order valence-corrected chi connectivity index (χ4v) is 5.65. The number of thiophene rings is 1. The van der Waals surface area contributed by atoms with Crippen LogP contribution in [0.15, 0.2) is 12.4 Å². The summed E-state index contributed by atoms with van der Waals surface area (Å²) in [5, 5.41) is 1.31. The van der Waals surface area contributed by atoms with Gasteiger partial charge in [0.15, 0.2) is 0 Å². The molecule has 2 aliphatic rings. The third-order valence-electron chi connectivity index (χ3n) is 5.90. The van der Waals surface area contributed by atoms with E-state index in [1.165, 1.54) is 28.7 Å². The first-order valence-electron chi connectivity index (χ1n) is 10.2. The van der Waals surface area contributed by atoms with E-state index in [0.717, 1.165) is 66.5 Å². The van der Waals surface area contributed by atoms with E-state index in [1.54, 1.807) is 6.33 Å². The van der Waals surface area contributed by atoms with Gasteiger partial charge in [-0.25, -0.2) is 19.9 Å². The molecule has 0 saturated carbocycles. The smallest absolute Gasteiger partial charge is 0.225 e. The van der Waals surface area contributed by atoms with Crippen LogP contribution >= 0.6 is 11.3 Å². The lowest BCUT2D eigenvalue weighted by Crippen LogP contribution is -2.47. The molecule has 6 nitrogen and oxygen atoms in total. The number of hydrogen-bond acceptors (Lipinski definition) is 7. The molecule has 1 aliphatic heterocycles. The van der Waals surface area contributed by atoms with Gasteiger partial charge >= 0.3 is 0 Å². The van der Waals surface area contributed by atoms with Gasteiger partial charge in [0.05, 0.1) is 5.39 Å². The van der Waals surface area contributed by atoms with Gasteiger partial charge in [-0.15, -0.1) is 11.3 Å². The molecule has 3 aromatic rings. The lowest BCUT2D eigenvalue weighted by atomic mass is 9.88. The second-order valence-corrected chi connectivity index (χ2v) is 9.24. The molecule has 0 radical (unpaired) electrons. The zero-order valence-corrected chi connectivity index (χ0v) is 17.6. The van der Waals surface area contributed by atoms with Gasteiger partial charge in [0.1, 0.15) is 17.0 Å². The summed E-state index contributed by atoms with van der Waals surface area (Å²) in [5.74, 6) is 2.72. The average Bonchev–Trinajstić information content (AvgIpc) is 3.05. The van der Waals surface area contributed by atoms with E-state index >= 15 is 0 Å². The summed E-state index contributed by atoms with van der Waals surface area (Å²) in [7, 11) is 0. The summed E-state index contributed by atoms with van der Waals surface area (Å²) < 4.78 is 0. The van der Waals surface area contributed by atoms with Crippen molar-refractivity contribution in [2.24, 2.45) is 5.92 Å². The maximum absolute atomic E-state index is 4.73. The molecule has 146 valence electrons. The monoisotopic (exact) mass is 394 g/mol. The number of anilines is 2. The number of nitrogens with zero attached hydrogens (tertiary/aromatic N) is 6. The van der Waals surface area contributed by atoms with E-state index in [9.17, 15) is 0 Å². The molecule has 1 atom stereocenters. The van der Waals surface area contributed by atoms with Crippen LogP contribution in [0.2, 0.25) is 0 Å². The van der Waals surface area contributed by atoms with E-state index in [1.807, 2.05) is 31.3 Å². The summed E-state index contributed by atoms with van der Waals surface area (Å²) in [6.07, 6.45) is 5.38. The second kappa shape index (κ2) is 6.95. The van der Waals surface area contributed by atoms with Gasteiger partial charge in [0, 0.05) is 42.4 Å². The van der Waals surface area contributed by atoms with Crippen molar-refractivity contribution >= 4 is 33.3 Å². The quantitative estimate of drug-likeness (QED) is 0.662. The predicted molar refractivity (Wildman–Crippen MR) is 115 cm³/mol. The van der Waals surface area contributed by atoms with Crippen LogP contribution in [0.25, 0.3) is 10.2 Å². The van der Waals surface area contributed by atoms with Crippen molar-refractivity contribution in [1.29, 1.82) is 0 Å². The number of aryl methyl sites for hydroxylation is 3. The van der Waals surface area contributed by atoms with Crippen molar-refractivity contribution in [1.82, 2.24) is 19.9 Å². The summed E-state index contributed by atoms with van der Waals surface area (Å²) in [6.45, 7) is 10.1. The first-order valence-corrected chi connectivity index (χ1v) is 11.0. The molecule has 0 N–H and O–H groups in total. The van der Waals surface area contributed by atoms with Gasteiger partial charge in [-0.3, -0.25) is 0 Å². The molecule has 28 heavy (non-hydrogen) atoms. The largest absolute Gasteiger partial charge is 0.352 e. The maximum atomic E-state index is 4.73. The third-order valence-corrected chi connectivity index (χ3v) is 7.10. The fourth-order valence-electron chi connectivity index (χ4n) is 4.47. The molecule has 0 unspecified atom stereocenters. The summed E-state index contributed by atoms with van der Waals surface area (Å²) in [4.78, 5) is 26.0. The van der Waals surface area contributed by atoms with Crippen molar-refractivity contribution in [2.75, 3.05) is 36.0 Å². The molecule has 7 heteroatoms. The molecule has 5 rings (SSSR count). The lowest BCUT2D eigenvalue weighted by Gasteiger charge is -2.36. The standard InChI is InChI=1S/C21H26N6S/c1-13-4-5-17-16(10-13)18-19(22-12-23-20(18)28-17)26-6-8-27(9-7-26)21-24-14(2)11-15(3)25-21/h11-13H,4-10H2,1-3H3/t13-/m1/s1. The fraction of sp³-hybridized carbons (Fsp3) is 0.524. The number of fused-ring (bicyclic) bond motifs is 3. The molecule has 0 amide bonds. The first kappa shape index (κ1) is 17.8. The number of hydrogen-bond donors (Lipinski definition) is 0. The lowest BCUT2D eigenvalue weighted by molar-refractivity contribution is 0.508. The Kier molecular flexibility index (Phi) is 4.42. The summed E-state index contributed by atoms with van der Waals surface area (Å²) in [6, 6.07) is 2.03. The molecule has 0 aromatic carbocycles. The van der Waals surface area contributed by atoms with Gasteiger partial charge in [0.2, 0.25) is 5.95 Å². The van der Waals surface area contributed by atoms with Gasteiger partial charge < -0.3 is 9.80 Å². The van der Waals surface area contributed by atoms with Crippen LogP contribution in [0.1, 0.15) is 35.2 Å². The minimum Gasteiger partial charge on any atom is -0.352 e. The molecule has 4 heterocycles. The molecular formula is C21H26N6S. The minimum absolute atomic E-state index is 0.747. The molecule has 0 bridgehead atoms. The Morgan fingerprint density at radius 3 is 2.46 bits per heavy atom. The van der Waals surface area contributed by atoms with Crippen LogP contribution in [-0.4, -0.2) is 46.1 Å². The SMILES string of the molecule is Cc1cc(C)nc(N2CCN(c3ncnc4sc5c(c34)C[C@H](C)CC5)CC2)n1. The van der Waals surface area contributed by atoms with Crippen molar-refractivity contribution in [2.45, 2.75) is 40.0 Å². The Bertz CT molecular complexity index is 1000. The molecule has 1 aliphatic carbocycles. The van der Waals surface area contributed by atoms with E-state index in [-0.39, 0.29) is 0 Å². The summed E-state index contributed by atoms with van der Waals surface area (Å²) in [5.41, 5.74) is 3.57. The van der Waals surface area contributed by atoms with Crippen molar-refractivity contribution in [3.8, 4) is 0 Å². The Morgan fingerprint density at radius 1 is 1.00 bits per heavy atom. The highest BCUT2D eigenvalue weighted by atomic mass is 32.1. The van der Waals surface area contributed by atoms with Crippen molar-refractivity contribution < 1.29 is 0 Å². The highest BCUT2D eigenvalue weighted by Gasteiger charge is 2.27. The molecule has 0 spiro atoms. The molecule has 1 saturated heterocycles. The average molecular weight is 395 g/mol. The van der Waals surface area contributed by atoms with E-state index in [2.05, 4.69) is 31.7 Å². The van der Waals surface area contributed by atoms with Crippen LogP contribution in [0.5, 0.6) is 0 Å². The number of rotatable bonds is 2. The van der Waals surface area contributed by atoms with Gasteiger partial charge in [-0.05, 0) is 50.7 Å². The van der Waals surface area contributed by atoms with Gasteiger partial charge in [-0.2, -0.15) is 0 Å². The normalized spacial score (nSPS) is 19.9. The van der Waals surface area contributed by atoms with Crippen LogP contribution in [0.3, 0.4) is 0 Å². The highest BCUT2D eigenvalue weighted by molar-refractivity contribution is 7.19. The van der Waals surface area contributed by atoms with E-state index < -0.39 is 0 Å². The maximum Gasteiger partial charge on any atom is 0.225 e. The zero-order chi connectivity index (χ0) is 19.3. The topological polar surface area (TPSA) is 58.0 Å². The van der Waals surface area contributed by atoms with E-state index in [4.69, 9.17) is 4.98 Å². The molecule has 3 aromatic heterocycles. The summed E-state index contributed by atoms with van der Waals surface area (Å²) >= 11 is 1.87. The van der Waals surface area contributed by atoms with E-state index in [0.29, 0.717) is 0 Å².